The van der Waals surface area contributed by atoms with E-state index in [1.807, 2.05) is 23.1 Å². The third kappa shape index (κ3) is 1.91. The number of nitrogens with one attached hydrogen (secondary N) is 1. The maximum absolute atomic E-state index is 12.5. The lowest BCUT2D eigenvalue weighted by Crippen LogP contribution is -2.52. The quantitative estimate of drug-likeness (QED) is 0.807. The zero-order chi connectivity index (χ0) is 12.5. The van der Waals surface area contributed by atoms with Gasteiger partial charge in [0.2, 0.25) is 5.91 Å². The highest BCUT2D eigenvalue weighted by Crippen LogP contribution is 2.35. The van der Waals surface area contributed by atoms with E-state index in [0.717, 1.165) is 18.8 Å². The predicted molar refractivity (Wildman–Crippen MR) is 69.8 cm³/mol. The Hall–Kier alpha value is -1.39. The lowest BCUT2D eigenvalue weighted by atomic mass is 10.0. The van der Waals surface area contributed by atoms with E-state index < -0.39 is 0 Å². The van der Waals surface area contributed by atoms with Gasteiger partial charge in [0, 0.05) is 24.7 Å². The fraction of sp³-hybridized carbons (Fsp3) is 0.500. The molecule has 2 aliphatic rings. The number of amides is 1. The lowest BCUT2D eigenvalue weighted by Gasteiger charge is -2.27. The Labute approximate surface area is 107 Å². The van der Waals surface area contributed by atoms with Crippen molar-refractivity contribution >= 4 is 11.6 Å². The van der Waals surface area contributed by atoms with E-state index in [4.69, 9.17) is 4.74 Å². The lowest BCUT2D eigenvalue weighted by molar-refractivity contribution is -0.123. The van der Waals surface area contributed by atoms with Crippen molar-refractivity contribution in [1.29, 1.82) is 0 Å². The second kappa shape index (κ2) is 4.71. The smallest absolute Gasteiger partial charge is 0.246 e. The van der Waals surface area contributed by atoms with E-state index in [2.05, 4.69) is 18.3 Å². The highest BCUT2D eigenvalue weighted by atomic mass is 16.5. The van der Waals surface area contributed by atoms with Crippen LogP contribution >= 0.6 is 0 Å². The molecular formula is C14H18N2O2. The highest BCUT2D eigenvalue weighted by Gasteiger charge is 2.33. The summed E-state index contributed by atoms with van der Waals surface area (Å²) in [5.74, 6) is 0.543. The molecule has 4 nitrogen and oxygen atoms in total. The first-order chi connectivity index (χ1) is 8.77. The maximum atomic E-state index is 12.5. The molecule has 2 heterocycles. The van der Waals surface area contributed by atoms with E-state index in [1.165, 1.54) is 5.56 Å². The van der Waals surface area contributed by atoms with Crippen molar-refractivity contribution in [3.8, 4) is 0 Å². The molecule has 0 aliphatic carbocycles. The molecule has 18 heavy (non-hydrogen) atoms. The number of morpholine rings is 1. The first kappa shape index (κ1) is 11.7. The molecule has 0 bridgehead atoms. The molecular weight excluding hydrogens is 228 g/mol. The molecule has 0 spiro atoms. The molecule has 1 fully saturated rings. The summed E-state index contributed by atoms with van der Waals surface area (Å²) in [5.41, 5.74) is 2.32. The molecule has 1 amide bonds. The Morgan fingerprint density at radius 2 is 2.28 bits per heavy atom. The normalized spacial score (nSPS) is 27.1. The van der Waals surface area contributed by atoms with E-state index >= 15 is 0 Å². The Bertz CT molecular complexity index is 455. The van der Waals surface area contributed by atoms with Gasteiger partial charge < -0.3 is 15.0 Å². The third-order valence-corrected chi connectivity index (χ3v) is 3.70. The molecule has 2 aliphatic heterocycles. The van der Waals surface area contributed by atoms with Gasteiger partial charge in [-0.05, 0) is 11.6 Å². The molecule has 96 valence electrons. The van der Waals surface area contributed by atoms with Crippen LogP contribution < -0.4 is 10.2 Å². The predicted octanol–water partition coefficient (Wildman–Crippen LogP) is 1.13. The van der Waals surface area contributed by atoms with Crippen LogP contribution in [-0.2, 0) is 9.53 Å². The van der Waals surface area contributed by atoms with Crippen LogP contribution in [-0.4, -0.2) is 38.3 Å². The fourth-order valence-corrected chi connectivity index (χ4v) is 2.74. The minimum Gasteiger partial charge on any atom is -0.378 e. The van der Waals surface area contributed by atoms with Crippen LogP contribution in [0, 0.1) is 0 Å². The van der Waals surface area contributed by atoms with Crippen LogP contribution in [0.1, 0.15) is 18.4 Å². The number of anilines is 1. The van der Waals surface area contributed by atoms with Crippen LogP contribution in [0.15, 0.2) is 24.3 Å². The monoisotopic (exact) mass is 246 g/mol. The number of carbonyl (C=O) groups is 1. The first-order valence-corrected chi connectivity index (χ1v) is 6.49. The van der Waals surface area contributed by atoms with Crippen molar-refractivity contribution in [3.63, 3.8) is 0 Å². The number of hydrogen-bond donors (Lipinski definition) is 1. The summed E-state index contributed by atoms with van der Waals surface area (Å²) in [7, 11) is 0. The minimum absolute atomic E-state index is 0.131. The van der Waals surface area contributed by atoms with Crippen molar-refractivity contribution < 1.29 is 9.53 Å². The zero-order valence-corrected chi connectivity index (χ0v) is 10.6. The van der Waals surface area contributed by atoms with E-state index in [1.54, 1.807) is 0 Å². The molecule has 4 heteroatoms. The number of benzene rings is 1. The van der Waals surface area contributed by atoms with E-state index in [-0.39, 0.29) is 11.9 Å². The van der Waals surface area contributed by atoms with Gasteiger partial charge in [-0.1, -0.05) is 25.1 Å². The Morgan fingerprint density at radius 1 is 1.44 bits per heavy atom. The van der Waals surface area contributed by atoms with Gasteiger partial charge >= 0.3 is 0 Å². The van der Waals surface area contributed by atoms with Crippen LogP contribution in [0.4, 0.5) is 5.69 Å². The molecule has 0 radical (unpaired) electrons. The van der Waals surface area contributed by atoms with Crippen molar-refractivity contribution in [2.45, 2.75) is 18.9 Å². The molecule has 1 aromatic carbocycles. The average Bonchev–Trinajstić information content (AvgIpc) is 2.77. The maximum Gasteiger partial charge on any atom is 0.246 e. The third-order valence-electron chi connectivity index (χ3n) is 3.70. The Kier molecular flexibility index (Phi) is 3.06. The first-order valence-electron chi connectivity index (χ1n) is 6.49. The fourth-order valence-electron chi connectivity index (χ4n) is 2.74. The van der Waals surface area contributed by atoms with Gasteiger partial charge in [0.1, 0.15) is 6.04 Å². The summed E-state index contributed by atoms with van der Waals surface area (Å²) in [6.07, 6.45) is 0. The molecule has 0 unspecified atom stereocenters. The van der Waals surface area contributed by atoms with Crippen LogP contribution in [0.5, 0.6) is 0 Å². The minimum atomic E-state index is -0.197. The summed E-state index contributed by atoms with van der Waals surface area (Å²) in [6.45, 7) is 4.86. The highest BCUT2D eigenvalue weighted by molar-refractivity contribution is 5.99. The summed E-state index contributed by atoms with van der Waals surface area (Å²) < 4.78 is 5.37. The summed E-state index contributed by atoms with van der Waals surface area (Å²) in [6, 6.07) is 7.96. The standard InChI is InChI=1S/C14H18N2O2/c1-10-8-16(13-5-3-2-4-11(10)13)14(17)12-9-18-7-6-15-12/h2-5,10,12,15H,6-9H2,1H3/t10-,12-/m0/s1. The van der Waals surface area contributed by atoms with Crippen LogP contribution in [0.2, 0.25) is 0 Å². The molecule has 3 rings (SSSR count). The number of para-hydroxylation sites is 1. The molecule has 1 saturated heterocycles. The number of ether oxygens (including phenoxy) is 1. The van der Waals surface area contributed by atoms with Gasteiger partial charge in [0.15, 0.2) is 0 Å². The molecule has 0 aromatic heterocycles. The number of carbonyl (C=O) groups excluding carboxylic acids is 1. The van der Waals surface area contributed by atoms with Gasteiger partial charge in [0.05, 0.1) is 13.2 Å². The van der Waals surface area contributed by atoms with E-state index in [9.17, 15) is 4.79 Å². The molecule has 2 atom stereocenters. The average molecular weight is 246 g/mol. The number of fused-ring (bicyclic) bond motifs is 1. The van der Waals surface area contributed by atoms with Gasteiger partial charge in [-0.25, -0.2) is 0 Å². The molecule has 0 saturated carbocycles. The van der Waals surface area contributed by atoms with Crippen molar-refractivity contribution in [3.05, 3.63) is 29.8 Å². The largest absolute Gasteiger partial charge is 0.378 e. The SMILES string of the molecule is C[C@H]1CN(C(=O)[C@@H]2COCCN2)c2ccccc21. The summed E-state index contributed by atoms with van der Waals surface area (Å²) >= 11 is 0. The van der Waals surface area contributed by atoms with Crippen LogP contribution in [0.25, 0.3) is 0 Å². The van der Waals surface area contributed by atoms with Gasteiger partial charge in [-0.2, -0.15) is 0 Å². The van der Waals surface area contributed by atoms with Crippen molar-refractivity contribution in [1.82, 2.24) is 5.32 Å². The number of hydrogen-bond acceptors (Lipinski definition) is 3. The Balaban J connectivity index is 1.83. The van der Waals surface area contributed by atoms with Crippen molar-refractivity contribution in [2.75, 3.05) is 31.2 Å². The van der Waals surface area contributed by atoms with Crippen molar-refractivity contribution in [2.24, 2.45) is 0 Å². The molecule has 1 N–H and O–H groups in total. The summed E-state index contributed by atoms with van der Waals surface area (Å²) in [4.78, 5) is 14.4. The second-order valence-electron chi connectivity index (χ2n) is 4.99. The zero-order valence-electron chi connectivity index (χ0n) is 10.6. The van der Waals surface area contributed by atoms with Gasteiger partial charge in [-0.3, -0.25) is 4.79 Å². The number of rotatable bonds is 1. The van der Waals surface area contributed by atoms with Gasteiger partial charge in [-0.15, -0.1) is 0 Å². The van der Waals surface area contributed by atoms with Crippen LogP contribution in [0.3, 0.4) is 0 Å². The van der Waals surface area contributed by atoms with Gasteiger partial charge in [0.25, 0.3) is 0 Å². The second-order valence-corrected chi connectivity index (χ2v) is 4.99. The molecule has 1 aromatic rings. The summed E-state index contributed by atoms with van der Waals surface area (Å²) in [5, 5.41) is 3.23. The topological polar surface area (TPSA) is 41.6 Å². The van der Waals surface area contributed by atoms with E-state index in [0.29, 0.717) is 19.1 Å². The number of nitrogens with zero attached hydrogens (tertiary/aromatic N) is 1. The Morgan fingerprint density at radius 3 is 3.06 bits per heavy atom.